The van der Waals surface area contributed by atoms with E-state index >= 15 is 0 Å². The first-order chi connectivity index (χ1) is 14.4. The van der Waals surface area contributed by atoms with Crippen molar-refractivity contribution in [3.63, 3.8) is 0 Å². The summed E-state index contributed by atoms with van der Waals surface area (Å²) in [6.45, 7) is 7.14. The van der Waals surface area contributed by atoms with Crippen LogP contribution in [0.2, 0.25) is 0 Å². The standard InChI is InChI=1S/C23H27FN4O2/c1-16(2)26-21(29)19-12-27(11-17-6-4-3-5-7-17)13-23(19)14-28(15-23)22(30)20-9-8-18(24)10-25-20/h3-10,16,19H,11-15H2,1-2H3,(H,26,29). The van der Waals surface area contributed by atoms with Gasteiger partial charge in [-0.1, -0.05) is 30.3 Å². The van der Waals surface area contributed by atoms with E-state index in [1.807, 2.05) is 32.0 Å². The Morgan fingerprint density at radius 3 is 2.53 bits per heavy atom. The molecule has 6 nitrogen and oxygen atoms in total. The summed E-state index contributed by atoms with van der Waals surface area (Å²) >= 11 is 0. The van der Waals surface area contributed by atoms with E-state index in [9.17, 15) is 14.0 Å². The van der Waals surface area contributed by atoms with Crippen molar-refractivity contribution in [3.05, 3.63) is 65.7 Å². The summed E-state index contributed by atoms with van der Waals surface area (Å²) in [7, 11) is 0. The fraction of sp³-hybridized carbons (Fsp3) is 0.435. The molecule has 2 saturated heterocycles. The lowest BCUT2D eigenvalue weighted by atomic mass is 9.71. The van der Waals surface area contributed by atoms with Gasteiger partial charge in [-0.2, -0.15) is 0 Å². The van der Waals surface area contributed by atoms with Crippen molar-refractivity contribution >= 4 is 11.8 Å². The maximum Gasteiger partial charge on any atom is 0.272 e. The molecule has 7 heteroatoms. The summed E-state index contributed by atoms with van der Waals surface area (Å²) in [5.41, 5.74) is 1.18. The average molecular weight is 410 g/mol. The van der Waals surface area contributed by atoms with Crippen LogP contribution in [0.1, 0.15) is 29.9 Å². The molecule has 2 aromatic rings. The summed E-state index contributed by atoms with van der Waals surface area (Å²) in [6.07, 6.45) is 1.05. The number of aromatic nitrogens is 1. The molecule has 0 aliphatic carbocycles. The topological polar surface area (TPSA) is 65.5 Å². The zero-order valence-electron chi connectivity index (χ0n) is 17.3. The number of benzene rings is 1. The molecule has 1 unspecified atom stereocenters. The van der Waals surface area contributed by atoms with Crippen molar-refractivity contribution in [2.24, 2.45) is 11.3 Å². The van der Waals surface area contributed by atoms with Gasteiger partial charge >= 0.3 is 0 Å². The first kappa shape index (κ1) is 20.5. The number of carbonyl (C=O) groups is 2. The highest BCUT2D eigenvalue weighted by Crippen LogP contribution is 2.45. The van der Waals surface area contributed by atoms with Crippen molar-refractivity contribution in [1.82, 2.24) is 20.1 Å². The summed E-state index contributed by atoms with van der Waals surface area (Å²) in [6, 6.07) is 12.9. The van der Waals surface area contributed by atoms with Crippen LogP contribution in [0.15, 0.2) is 48.7 Å². The molecule has 1 N–H and O–H groups in total. The van der Waals surface area contributed by atoms with Crippen LogP contribution < -0.4 is 5.32 Å². The van der Waals surface area contributed by atoms with Gasteiger partial charge < -0.3 is 10.2 Å². The Kier molecular flexibility index (Phi) is 5.56. The third kappa shape index (κ3) is 4.07. The Morgan fingerprint density at radius 2 is 1.90 bits per heavy atom. The fourth-order valence-electron chi connectivity index (χ4n) is 4.62. The van der Waals surface area contributed by atoms with Crippen LogP contribution >= 0.6 is 0 Å². The minimum atomic E-state index is -0.468. The van der Waals surface area contributed by atoms with Gasteiger partial charge in [-0.15, -0.1) is 0 Å². The Bertz CT molecular complexity index is 911. The number of hydrogen-bond acceptors (Lipinski definition) is 4. The molecular formula is C23H27FN4O2. The minimum Gasteiger partial charge on any atom is -0.354 e. The number of carbonyl (C=O) groups excluding carboxylic acids is 2. The lowest BCUT2D eigenvalue weighted by Gasteiger charge is -2.50. The van der Waals surface area contributed by atoms with E-state index in [1.165, 1.54) is 17.7 Å². The van der Waals surface area contributed by atoms with E-state index in [0.29, 0.717) is 19.6 Å². The molecule has 0 bridgehead atoms. The highest BCUT2D eigenvalue weighted by molar-refractivity contribution is 5.93. The Hall–Kier alpha value is -2.80. The normalized spacial score (nSPS) is 20.4. The van der Waals surface area contributed by atoms with Crippen molar-refractivity contribution < 1.29 is 14.0 Å². The second-order valence-corrected chi connectivity index (χ2v) is 8.76. The fourth-order valence-corrected chi connectivity index (χ4v) is 4.62. The molecule has 3 heterocycles. The third-order valence-electron chi connectivity index (χ3n) is 5.96. The Balaban J connectivity index is 1.48. The average Bonchev–Trinajstić information content (AvgIpc) is 3.07. The summed E-state index contributed by atoms with van der Waals surface area (Å²) in [5, 5.41) is 3.05. The maximum absolute atomic E-state index is 13.1. The molecule has 30 heavy (non-hydrogen) atoms. The van der Waals surface area contributed by atoms with Crippen molar-refractivity contribution in [1.29, 1.82) is 0 Å². The zero-order chi connectivity index (χ0) is 21.3. The monoisotopic (exact) mass is 410 g/mol. The van der Waals surface area contributed by atoms with Crippen molar-refractivity contribution in [3.8, 4) is 0 Å². The molecule has 1 aromatic carbocycles. The number of halogens is 1. The summed E-state index contributed by atoms with van der Waals surface area (Å²) < 4.78 is 13.1. The second kappa shape index (κ2) is 8.14. The van der Waals surface area contributed by atoms with Crippen LogP contribution in [0.25, 0.3) is 0 Å². The zero-order valence-corrected chi connectivity index (χ0v) is 17.3. The molecule has 0 radical (unpaired) electrons. The highest BCUT2D eigenvalue weighted by atomic mass is 19.1. The number of amides is 2. The van der Waals surface area contributed by atoms with Gasteiger partial charge in [-0.05, 0) is 31.5 Å². The van der Waals surface area contributed by atoms with E-state index in [1.54, 1.807) is 4.90 Å². The van der Waals surface area contributed by atoms with E-state index in [2.05, 4.69) is 27.3 Å². The van der Waals surface area contributed by atoms with Gasteiger partial charge in [0, 0.05) is 44.2 Å². The Labute approximate surface area is 176 Å². The van der Waals surface area contributed by atoms with E-state index < -0.39 is 5.82 Å². The minimum absolute atomic E-state index is 0.0487. The predicted octanol–water partition coefficient (Wildman–Crippen LogP) is 2.32. The smallest absolute Gasteiger partial charge is 0.272 e. The largest absolute Gasteiger partial charge is 0.354 e. The van der Waals surface area contributed by atoms with Gasteiger partial charge in [0.05, 0.1) is 12.1 Å². The first-order valence-electron chi connectivity index (χ1n) is 10.3. The van der Waals surface area contributed by atoms with Crippen LogP contribution in [0, 0.1) is 17.2 Å². The van der Waals surface area contributed by atoms with Crippen LogP contribution in [0.4, 0.5) is 4.39 Å². The van der Waals surface area contributed by atoms with Crippen LogP contribution in [-0.4, -0.2) is 58.8 Å². The third-order valence-corrected chi connectivity index (χ3v) is 5.96. The SMILES string of the molecule is CC(C)NC(=O)C1CN(Cc2ccccc2)CC12CN(C(=O)c1ccc(F)cn1)C2. The number of rotatable bonds is 5. The molecule has 2 aliphatic rings. The summed E-state index contributed by atoms with van der Waals surface area (Å²) in [5.74, 6) is -0.809. The molecule has 4 rings (SSSR count). The molecule has 158 valence electrons. The van der Waals surface area contributed by atoms with Crippen molar-refractivity contribution in [2.45, 2.75) is 26.4 Å². The van der Waals surface area contributed by atoms with Gasteiger partial charge in [0.2, 0.25) is 5.91 Å². The number of pyridine rings is 1. The molecule has 1 atom stereocenters. The van der Waals surface area contributed by atoms with Crippen LogP contribution in [0.5, 0.6) is 0 Å². The van der Waals surface area contributed by atoms with Crippen LogP contribution in [-0.2, 0) is 11.3 Å². The first-order valence-corrected chi connectivity index (χ1v) is 10.3. The number of nitrogens with one attached hydrogen (secondary N) is 1. The van der Waals surface area contributed by atoms with Gasteiger partial charge in [-0.25, -0.2) is 9.37 Å². The molecular weight excluding hydrogens is 383 g/mol. The van der Waals surface area contributed by atoms with Crippen molar-refractivity contribution in [2.75, 3.05) is 26.2 Å². The van der Waals surface area contributed by atoms with Gasteiger partial charge in [0.25, 0.3) is 5.91 Å². The van der Waals surface area contributed by atoms with Gasteiger partial charge in [0.1, 0.15) is 11.5 Å². The molecule has 1 spiro atoms. The highest BCUT2D eigenvalue weighted by Gasteiger charge is 2.57. The van der Waals surface area contributed by atoms with E-state index in [-0.39, 0.29) is 34.9 Å². The molecule has 2 fully saturated rings. The van der Waals surface area contributed by atoms with Gasteiger partial charge in [-0.3, -0.25) is 14.5 Å². The number of likely N-dealkylation sites (tertiary alicyclic amines) is 2. The van der Waals surface area contributed by atoms with E-state index in [0.717, 1.165) is 19.3 Å². The second-order valence-electron chi connectivity index (χ2n) is 8.76. The lowest BCUT2D eigenvalue weighted by molar-refractivity contribution is -0.131. The van der Waals surface area contributed by atoms with E-state index in [4.69, 9.17) is 0 Å². The number of nitrogens with zero attached hydrogens (tertiary/aromatic N) is 3. The molecule has 0 saturated carbocycles. The predicted molar refractivity (Wildman–Crippen MR) is 111 cm³/mol. The quantitative estimate of drug-likeness (QED) is 0.822. The number of hydrogen-bond donors (Lipinski definition) is 1. The molecule has 2 aliphatic heterocycles. The van der Waals surface area contributed by atoms with Crippen LogP contribution in [0.3, 0.4) is 0 Å². The summed E-state index contributed by atoms with van der Waals surface area (Å²) in [4.78, 5) is 33.6. The lowest BCUT2D eigenvalue weighted by Crippen LogP contribution is -2.64. The Morgan fingerprint density at radius 1 is 1.17 bits per heavy atom. The maximum atomic E-state index is 13.1. The molecule has 2 amide bonds. The molecule has 1 aromatic heterocycles. The van der Waals surface area contributed by atoms with Gasteiger partial charge in [0.15, 0.2) is 0 Å².